The Morgan fingerprint density at radius 2 is 1.11 bits per heavy atom. The second-order valence-corrected chi connectivity index (χ2v) is 10.3. The van der Waals surface area contributed by atoms with Crippen LogP contribution < -0.4 is 21.6 Å². The highest BCUT2D eigenvalue weighted by Gasteiger charge is 2.23. The molecule has 0 aliphatic rings. The van der Waals surface area contributed by atoms with Gasteiger partial charge in [0, 0.05) is 28.5 Å². The zero-order valence-corrected chi connectivity index (χ0v) is 23.2. The summed E-state index contributed by atoms with van der Waals surface area (Å²) in [7, 11) is 0. The van der Waals surface area contributed by atoms with Crippen molar-refractivity contribution in [1.29, 1.82) is 0 Å². The summed E-state index contributed by atoms with van der Waals surface area (Å²) in [6, 6.07) is 5.84. The first-order chi connectivity index (χ1) is 17.4. The molecule has 1 aromatic rings. The van der Waals surface area contributed by atoms with E-state index in [9.17, 15) is 19.2 Å². The fourth-order valence-corrected chi connectivity index (χ4v) is 3.12. The van der Waals surface area contributed by atoms with E-state index in [2.05, 4.69) is 21.6 Å². The molecule has 0 spiro atoms. The fourth-order valence-electron chi connectivity index (χ4n) is 3.12. The fraction of sp³-hybridized carbons (Fsp3) is 0.630. The molecule has 37 heavy (non-hydrogen) atoms. The van der Waals surface area contributed by atoms with Crippen molar-refractivity contribution in [3.8, 4) is 0 Å². The predicted molar refractivity (Wildman–Crippen MR) is 148 cm³/mol. The Labute approximate surface area is 225 Å². The van der Waals surface area contributed by atoms with Crippen molar-refractivity contribution in [2.24, 2.45) is 17.8 Å². The molecule has 10 nitrogen and oxygen atoms in total. The van der Waals surface area contributed by atoms with E-state index in [1.807, 2.05) is 48.5 Å². The molecule has 0 fully saturated rings. The molecule has 0 bridgehead atoms. The maximum atomic E-state index is 12.5. The molecule has 4 amide bonds. The normalized spacial score (nSPS) is 12.8. The van der Waals surface area contributed by atoms with E-state index in [1.165, 1.54) is 24.3 Å². The van der Waals surface area contributed by atoms with E-state index < -0.39 is 24.0 Å². The second-order valence-electron chi connectivity index (χ2n) is 10.3. The van der Waals surface area contributed by atoms with Crippen LogP contribution in [0.2, 0.25) is 0 Å². The maximum absolute atomic E-state index is 12.5. The molecule has 0 aliphatic heterocycles. The molecule has 1 rings (SSSR count). The number of rotatable bonds is 16. The second kappa shape index (κ2) is 16.7. The molecule has 0 saturated heterocycles. The Morgan fingerprint density at radius 1 is 0.703 bits per heavy atom. The van der Waals surface area contributed by atoms with Crippen LogP contribution >= 0.6 is 0 Å². The van der Waals surface area contributed by atoms with Crippen molar-refractivity contribution < 1.29 is 33.1 Å². The summed E-state index contributed by atoms with van der Waals surface area (Å²) >= 11 is 0. The molecule has 214 valence electrons. The van der Waals surface area contributed by atoms with Crippen molar-refractivity contribution in [2.75, 3.05) is 13.1 Å². The largest absolute Gasteiger partial charge is 0.354 e. The molecule has 10 heteroatoms. The molecule has 0 aromatic heterocycles. The van der Waals surface area contributed by atoms with Crippen molar-refractivity contribution >= 4 is 23.6 Å². The highest BCUT2D eigenvalue weighted by molar-refractivity contribution is 5.97. The lowest BCUT2D eigenvalue weighted by Crippen LogP contribution is -2.42. The minimum Gasteiger partial charge on any atom is -0.354 e. The summed E-state index contributed by atoms with van der Waals surface area (Å²) in [4.78, 5) is 60.6. The average Bonchev–Trinajstić information content (AvgIpc) is 2.85. The average molecular weight is 527 g/mol. The van der Waals surface area contributed by atoms with Gasteiger partial charge in [0.25, 0.3) is 23.6 Å². The van der Waals surface area contributed by atoms with Gasteiger partial charge in [-0.1, -0.05) is 54.9 Å². The third kappa shape index (κ3) is 12.7. The van der Waals surface area contributed by atoms with Gasteiger partial charge in [0.1, 0.15) is 0 Å². The first-order valence-corrected chi connectivity index (χ1v) is 13.0. The molecule has 0 heterocycles. The van der Waals surface area contributed by atoms with Gasteiger partial charge in [0.2, 0.25) is 0 Å². The third-order valence-corrected chi connectivity index (χ3v) is 5.19. The molecular weight excluding hydrogens is 476 g/mol. The van der Waals surface area contributed by atoms with Gasteiger partial charge >= 0.3 is 0 Å². The SMILES string of the molecule is CCC[C@@H](ONC(=O)c1ccc(C(=O)NO[C@H](CC(C)C)C(=O)NCC(C)C)cc1)C(=O)NCC(C)C.[HH].[HH].[HH]. The van der Waals surface area contributed by atoms with Crippen LogP contribution in [0.25, 0.3) is 0 Å². The molecular formula is C27H50N4O6. The molecule has 2 atom stereocenters. The van der Waals surface area contributed by atoms with E-state index in [-0.39, 0.29) is 33.1 Å². The van der Waals surface area contributed by atoms with Crippen LogP contribution in [0.1, 0.15) is 92.7 Å². The summed E-state index contributed by atoms with van der Waals surface area (Å²) in [6.45, 7) is 14.8. The van der Waals surface area contributed by atoms with Crippen LogP contribution in [0, 0.1) is 17.8 Å². The Hall–Kier alpha value is -2.98. The van der Waals surface area contributed by atoms with Gasteiger partial charge in [0.05, 0.1) is 0 Å². The van der Waals surface area contributed by atoms with Gasteiger partial charge < -0.3 is 10.6 Å². The van der Waals surface area contributed by atoms with Crippen molar-refractivity contribution in [3.05, 3.63) is 35.4 Å². The molecule has 1 aromatic carbocycles. The lowest BCUT2D eigenvalue weighted by atomic mass is 10.1. The number of hydrogen-bond donors (Lipinski definition) is 4. The molecule has 0 aliphatic carbocycles. The number of benzene rings is 1. The Bertz CT molecular complexity index is 886. The number of nitrogens with one attached hydrogen (secondary N) is 4. The predicted octanol–water partition coefficient (Wildman–Crippen LogP) is 3.88. The number of carbonyl (C=O) groups is 4. The highest BCUT2D eigenvalue weighted by atomic mass is 16.7. The lowest BCUT2D eigenvalue weighted by molar-refractivity contribution is -0.138. The van der Waals surface area contributed by atoms with Crippen LogP contribution in [-0.2, 0) is 19.3 Å². The third-order valence-electron chi connectivity index (χ3n) is 5.19. The van der Waals surface area contributed by atoms with E-state index in [0.717, 1.165) is 0 Å². The standard InChI is InChI=1S/C27H44N4O6.3H2/c1-8-9-22(26(34)28-15-18(4)5)36-30-24(32)20-10-12-21(13-11-20)25(33)31-37-23(14-17(2)3)27(35)29-16-19(6)7;;;/h10-13,17-19,22-23H,8-9,14-16H2,1-7H3,(H,28,34)(H,29,35)(H,30,32)(H,31,33);3*1H/t22-,23-;;;/m1.../s1. The number of amides is 4. The molecule has 4 N–H and O–H groups in total. The zero-order valence-electron chi connectivity index (χ0n) is 23.2. The van der Waals surface area contributed by atoms with Gasteiger partial charge in [-0.3, -0.25) is 28.9 Å². The Kier molecular flexibility index (Phi) is 14.5. The smallest absolute Gasteiger partial charge is 0.274 e. The quantitative estimate of drug-likeness (QED) is 0.242. The van der Waals surface area contributed by atoms with Gasteiger partial charge in [-0.25, -0.2) is 11.0 Å². The molecule has 0 saturated carbocycles. The van der Waals surface area contributed by atoms with E-state index in [1.54, 1.807) is 0 Å². The zero-order chi connectivity index (χ0) is 28.0. The summed E-state index contributed by atoms with van der Waals surface area (Å²) in [5.41, 5.74) is 5.16. The van der Waals surface area contributed by atoms with E-state index in [0.29, 0.717) is 44.2 Å². The van der Waals surface area contributed by atoms with Crippen LogP contribution in [0.15, 0.2) is 24.3 Å². The topological polar surface area (TPSA) is 135 Å². The van der Waals surface area contributed by atoms with E-state index in [4.69, 9.17) is 9.68 Å². The monoisotopic (exact) mass is 526 g/mol. The summed E-state index contributed by atoms with van der Waals surface area (Å²) in [6.07, 6.45) is -0.0157. The molecule has 0 unspecified atom stereocenters. The number of hydroxylamine groups is 2. The Morgan fingerprint density at radius 3 is 1.49 bits per heavy atom. The van der Waals surface area contributed by atoms with Crippen LogP contribution in [-0.4, -0.2) is 48.9 Å². The maximum Gasteiger partial charge on any atom is 0.274 e. The highest BCUT2D eigenvalue weighted by Crippen LogP contribution is 2.10. The lowest BCUT2D eigenvalue weighted by Gasteiger charge is -2.20. The van der Waals surface area contributed by atoms with Crippen molar-refractivity contribution in [1.82, 2.24) is 21.6 Å². The van der Waals surface area contributed by atoms with Gasteiger partial charge in [-0.05, 0) is 54.9 Å². The molecule has 0 radical (unpaired) electrons. The van der Waals surface area contributed by atoms with Gasteiger partial charge in [-0.15, -0.1) is 0 Å². The van der Waals surface area contributed by atoms with Crippen LogP contribution in [0.5, 0.6) is 0 Å². The number of carbonyl (C=O) groups excluding carboxylic acids is 4. The minimum atomic E-state index is -0.821. The first kappa shape index (κ1) is 32.0. The van der Waals surface area contributed by atoms with E-state index >= 15 is 0 Å². The van der Waals surface area contributed by atoms with Crippen molar-refractivity contribution in [3.63, 3.8) is 0 Å². The first-order valence-electron chi connectivity index (χ1n) is 13.0. The summed E-state index contributed by atoms with van der Waals surface area (Å²) in [5, 5.41) is 5.62. The summed E-state index contributed by atoms with van der Waals surface area (Å²) in [5.74, 6) is -0.877. The minimum absolute atomic E-state index is 0. The van der Waals surface area contributed by atoms with Crippen molar-refractivity contribution in [2.45, 2.75) is 79.9 Å². The Balaban J connectivity index is -0.00000456. The van der Waals surface area contributed by atoms with Crippen LogP contribution in [0.3, 0.4) is 0 Å². The summed E-state index contributed by atoms with van der Waals surface area (Å²) < 4.78 is 0. The number of hydrogen-bond acceptors (Lipinski definition) is 6. The van der Waals surface area contributed by atoms with Gasteiger partial charge in [-0.2, -0.15) is 0 Å². The van der Waals surface area contributed by atoms with Crippen LogP contribution in [0.4, 0.5) is 0 Å². The van der Waals surface area contributed by atoms with Gasteiger partial charge in [0.15, 0.2) is 12.2 Å².